The lowest BCUT2D eigenvalue weighted by molar-refractivity contribution is 0.300. The number of nitrogens with zero attached hydrogens (tertiary/aromatic N) is 3. The monoisotopic (exact) mass is 373 g/mol. The van der Waals surface area contributed by atoms with Crippen molar-refractivity contribution in [3.63, 3.8) is 0 Å². The third-order valence-electron chi connectivity index (χ3n) is 6.36. The molecule has 0 bridgehead atoms. The number of rotatable bonds is 3. The van der Waals surface area contributed by atoms with Gasteiger partial charge >= 0.3 is 0 Å². The van der Waals surface area contributed by atoms with Gasteiger partial charge in [-0.05, 0) is 63.8 Å². The molecule has 4 nitrogen and oxygen atoms in total. The van der Waals surface area contributed by atoms with Crippen molar-refractivity contribution in [2.45, 2.75) is 57.0 Å². The van der Waals surface area contributed by atoms with Crippen molar-refractivity contribution >= 4 is 7.59 Å². The van der Waals surface area contributed by atoms with E-state index in [1.807, 2.05) is 0 Å². The standard InChI is InChI=1S/C21H32N3OP/c1-22-20(18-12-6-3-7-13-18)21(19-14-8-4-9-15-19)23(2)26(22,25)24-16-10-5-11-17-24/h6,8,12-15,20-21H,3-5,7,9-11,16-17H2,1-2H3/t20-,21-/m1/s1. The van der Waals surface area contributed by atoms with Crippen LogP contribution < -0.4 is 0 Å². The van der Waals surface area contributed by atoms with E-state index in [4.69, 9.17) is 0 Å². The fraction of sp³-hybridized carbons (Fsp3) is 0.619. The summed E-state index contributed by atoms with van der Waals surface area (Å²) in [6, 6.07) is 0.330. The fourth-order valence-corrected chi connectivity index (χ4v) is 8.21. The van der Waals surface area contributed by atoms with Crippen LogP contribution in [0.1, 0.15) is 44.9 Å². The summed E-state index contributed by atoms with van der Waals surface area (Å²) < 4.78 is 21.1. The summed E-state index contributed by atoms with van der Waals surface area (Å²) in [5.74, 6) is 0. The highest BCUT2D eigenvalue weighted by atomic mass is 31.2. The molecule has 4 rings (SSSR count). The largest absolute Gasteiger partial charge is 0.287 e. The van der Waals surface area contributed by atoms with Gasteiger partial charge in [0.15, 0.2) is 0 Å². The second-order valence-electron chi connectivity index (χ2n) is 7.93. The van der Waals surface area contributed by atoms with Gasteiger partial charge in [0.1, 0.15) is 0 Å². The van der Waals surface area contributed by atoms with Crippen molar-refractivity contribution in [1.29, 1.82) is 0 Å². The van der Waals surface area contributed by atoms with Crippen LogP contribution in [0.3, 0.4) is 0 Å². The lowest BCUT2D eigenvalue weighted by atomic mass is 9.88. The lowest BCUT2D eigenvalue weighted by Crippen LogP contribution is -2.38. The van der Waals surface area contributed by atoms with Gasteiger partial charge < -0.3 is 0 Å². The molecule has 2 saturated heterocycles. The molecule has 26 heavy (non-hydrogen) atoms. The van der Waals surface area contributed by atoms with Crippen LogP contribution >= 0.6 is 7.59 Å². The van der Waals surface area contributed by atoms with Gasteiger partial charge in [-0.25, -0.2) is 14.0 Å². The molecule has 0 amide bonds. The Morgan fingerprint density at radius 1 is 0.808 bits per heavy atom. The van der Waals surface area contributed by atoms with Gasteiger partial charge in [-0.15, -0.1) is 0 Å². The van der Waals surface area contributed by atoms with Gasteiger partial charge in [0, 0.05) is 13.1 Å². The molecule has 4 aliphatic rings. The van der Waals surface area contributed by atoms with Crippen molar-refractivity contribution in [1.82, 2.24) is 14.0 Å². The number of allylic oxidation sites excluding steroid dienone is 4. The van der Waals surface area contributed by atoms with Crippen LogP contribution in [-0.4, -0.2) is 53.3 Å². The first-order valence-electron chi connectivity index (χ1n) is 10.2. The van der Waals surface area contributed by atoms with E-state index in [-0.39, 0.29) is 12.1 Å². The molecule has 0 spiro atoms. The Morgan fingerprint density at radius 3 is 1.73 bits per heavy atom. The van der Waals surface area contributed by atoms with Crippen LogP contribution in [-0.2, 0) is 4.57 Å². The number of hydrogen-bond acceptors (Lipinski definition) is 1. The number of piperidine rings is 1. The first-order chi connectivity index (χ1) is 12.6. The molecule has 0 aromatic rings. The first-order valence-corrected chi connectivity index (χ1v) is 11.8. The maximum atomic E-state index is 14.4. The molecule has 5 heteroatoms. The van der Waals surface area contributed by atoms with E-state index in [1.165, 1.54) is 17.6 Å². The van der Waals surface area contributed by atoms with Gasteiger partial charge in [0.2, 0.25) is 0 Å². The van der Waals surface area contributed by atoms with Crippen LogP contribution in [0.4, 0.5) is 0 Å². The topological polar surface area (TPSA) is 26.8 Å². The molecule has 0 aromatic heterocycles. The highest BCUT2D eigenvalue weighted by Crippen LogP contribution is 2.64. The zero-order valence-electron chi connectivity index (χ0n) is 16.2. The van der Waals surface area contributed by atoms with Gasteiger partial charge in [0.25, 0.3) is 7.59 Å². The summed E-state index contributed by atoms with van der Waals surface area (Å²) in [4.78, 5) is 0. The molecular formula is C21H32N3OP. The van der Waals surface area contributed by atoms with Gasteiger partial charge in [-0.3, -0.25) is 4.57 Å². The summed E-state index contributed by atoms with van der Waals surface area (Å²) in [7, 11) is 1.46. The summed E-state index contributed by atoms with van der Waals surface area (Å²) in [5.41, 5.74) is 2.68. The Labute approximate surface area is 158 Å². The minimum atomic E-state index is -2.72. The van der Waals surface area contributed by atoms with E-state index >= 15 is 0 Å². The third kappa shape index (κ3) is 3.01. The average molecular weight is 373 g/mol. The second-order valence-corrected chi connectivity index (χ2v) is 10.8. The fourth-order valence-electron chi connectivity index (χ4n) is 4.99. The molecule has 2 fully saturated rings. The maximum Gasteiger partial charge on any atom is 0.287 e. The van der Waals surface area contributed by atoms with Crippen LogP contribution in [0.15, 0.2) is 47.6 Å². The Balaban J connectivity index is 1.75. The van der Waals surface area contributed by atoms with Crippen molar-refractivity contribution in [2.24, 2.45) is 0 Å². The Hall–Kier alpha value is -0.930. The summed E-state index contributed by atoms with van der Waals surface area (Å²) in [6.45, 7) is 1.91. The summed E-state index contributed by atoms with van der Waals surface area (Å²) in [6.07, 6.45) is 21.8. The Bertz CT molecular complexity index is 654. The van der Waals surface area contributed by atoms with Crippen molar-refractivity contribution in [3.05, 3.63) is 47.6 Å². The predicted octanol–water partition coefficient (Wildman–Crippen LogP) is 4.75. The highest BCUT2D eigenvalue weighted by molar-refractivity contribution is 7.57. The highest BCUT2D eigenvalue weighted by Gasteiger charge is 2.55. The van der Waals surface area contributed by atoms with Gasteiger partial charge in [0.05, 0.1) is 12.1 Å². The minimum Gasteiger partial charge on any atom is -0.270 e. The molecule has 0 unspecified atom stereocenters. The number of hydrogen-bond donors (Lipinski definition) is 0. The molecule has 0 aromatic carbocycles. The van der Waals surface area contributed by atoms with E-state index in [0.29, 0.717) is 0 Å². The smallest absolute Gasteiger partial charge is 0.270 e. The Morgan fingerprint density at radius 2 is 1.31 bits per heavy atom. The molecule has 2 atom stereocenters. The van der Waals surface area contributed by atoms with E-state index in [2.05, 4.69) is 64.6 Å². The Kier molecular flexibility index (Phi) is 5.38. The van der Waals surface area contributed by atoms with Crippen molar-refractivity contribution < 1.29 is 4.57 Å². The first kappa shape index (κ1) is 18.4. The zero-order valence-corrected chi connectivity index (χ0v) is 17.1. The predicted molar refractivity (Wildman–Crippen MR) is 109 cm³/mol. The molecule has 0 saturated carbocycles. The van der Waals surface area contributed by atoms with E-state index in [1.54, 1.807) is 0 Å². The second kappa shape index (κ2) is 7.59. The van der Waals surface area contributed by atoms with Crippen LogP contribution in [0.5, 0.6) is 0 Å². The van der Waals surface area contributed by atoms with Crippen LogP contribution in [0, 0.1) is 0 Å². The van der Waals surface area contributed by atoms with Crippen LogP contribution in [0.25, 0.3) is 0 Å². The van der Waals surface area contributed by atoms with E-state index < -0.39 is 7.59 Å². The molecule has 2 aliphatic carbocycles. The minimum absolute atomic E-state index is 0.165. The normalized spacial score (nSPS) is 33.3. The van der Waals surface area contributed by atoms with Gasteiger partial charge in [-0.2, -0.15) is 0 Å². The molecule has 0 N–H and O–H groups in total. The van der Waals surface area contributed by atoms with E-state index in [0.717, 1.165) is 51.6 Å². The molecule has 142 valence electrons. The summed E-state index contributed by atoms with van der Waals surface area (Å²) >= 11 is 0. The van der Waals surface area contributed by atoms with Gasteiger partial charge in [-0.1, -0.05) is 42.9 Å². The molecule has 2 heterocycles. The SMILES string of the molecule is CN1[C@H](C2=CCCC=C2)[C@@H](C2=CCCC=C2)N(C)P1(=O)N1CCCCC1. The molecule has 2 aliphatic heterocycles. The quantitative estimate of drug-likeness (QED) is 0.667. The number of likely N-dealkylation sites (N-methyl/N-ethyl adjacent to an activating group) is 2. The van der Waals surface area contributed by atoms with Crippen molar-refractivity contribution in [3.8, 4) is 0 Å². The molecular weight excluding hydrogens is 341 g/mol. The van der Waals surface area contributed by atoms with E-state index in [9.17, 15) is 4.57 Å². The van der Waals surface area contributed by atoms with Crippen molar-refractivity contribution in [2.75, 3.05) is 27.2 Å². The summed E-state index contributed by atoms with van der Waals surface area (Å²) in [5, 5.41) is 0. The average Bonchev–Trinajstić information content (AvgIpc) is 2.92. The third-order valence-corrected chi connectivity index (χ3v) is 9.64. The zero-order chi connectivity index (χ0) is 18.1. The maximum absolute atomic E-state index is 14.4. The lowest BCUT2D eigenvalue weighted by Gasteiger charge is -2.39. The van der Waals surface area contributed by atoms with Crippen LogP contribution in [0.2, 0.25) is 0 Å². The molecule has 0 radical (unpaired) electrons.